The molecule has 0 aromatic carbocycles. The molecule has 1 N–H and O–H groups in total. The highest BCUT2D eigenvalue weighted by Crippen LogP contribution is 2.07. The van der Waals surface area contributed by atoms with Crippen LogP contribution in [0.2, 0.25) is 0 Å². The lowest BCUT2D eigenvalue weighted by Crippen LogP contribution is -2.29. The van der Waals surface area contributed by atoms with Crippen molar-refractivity contribution in [2.45, 2.75) is 6.54 Å². The fourth-order valence-corrected chi connectivity index (χ4v) is 1.62. The van der Waals surface area contributed by atoms with Gasteiger partial charge in [-0.2, -0.15) is 5.26 Å². The Bertz CT molecular complexity index is 475. The highest BCUT2D eigenvalue weighted by molar-refractivity contribution is 5.81. The molecule has 1 fully saturated rings. The molecule has 0 spiro atoms. The highest BCUT2D eigenvalue weighted by atomic mass is 16.3. The van der Waals surface area contributed by atoms with Crippen molar-refractivity contribution in [3.63, 3.8) is 0 Å². The first-order chi connectivity index (χ1) is 8.33. The summed E-state index contributed by atoms with van der Waals surface area (Å²) in [6.45, 7) is 2.08. The van der Waals surface area contributed by atoms with Crippen LogP contribution in [0.4, 0.5) is 0 Å². The van der Waals surface area contributed by atoms with Gasteiger partial charge in [-0.1, -0.05) is 11.2 Å². The van der Waals surface area contributed by atoms with Gasteiger partial charge in [-0.05, 0) is 11.6 Å². The molecule has 7 heteroatoms. The SMILES string of the molecule is N#Cc1ccc(CN2CCN/C2=N\N=O)cn1. The molecule has 1 aliphatic heterocycles. The third-order valence-corrected chi connectivity index (χ3v) is 2.41. The van der Waals surface area contributed by atoms with Crippen LogP contribution in [-0.2, 0) is 6.54 Å². The summed E-state index contributed by atoms with van der Waals surface area (Å²) in [7, 11) is 0. The zero-order valence-corrected chi connectivity index (χ0v) is 9.00. The van der Waals surface area contributed by atoms with Gasteiger partial charge in [-0.25, -0.2) is 4.98 Å². The highest BCUT2D eigenvalue weighted by Gasteiger charge is 2.18. The van der Waals surface area contributed by atoms with Crippen molar-refractivity contribution < 1.29 is 0 Å². The van der Waals surface area contributed by atoms with E-state index in [1.165, 1.54) is 0 Å². The molecule has 1 saturated heterocycles. The van der Waals surface area contributed by atoms with E-state index in [4.69, 9.17) is 5.26 Å². The minimum Gasteiger partial charge on any atom is -0.353 e. The van der Waals surface area contributed by atoms with Gasteiger partial charge in [-0.3, -0.25) is 0 Å². The van der Waals surface area contributed by atoms with Gasteiger partial charge in [0, 0.05) is 25.8 Å². The Hall–Kier alpha value is -2.49. The molecule has 0 atom stereocenters. The van der Waals surface area contributed by atoms with E-state index < -0.39 is 0 Å². The van der Waals surface area contributed by atoms with E-state index in [0.717, 1.165) is 18.7 Å². The smallest absolute Gasteiger partial charge is 0.222 e. The monoisotopic (exact) mass is 230 g/mol. The van der Waals surface area contributed by atoms with Crippen molar-refractivity contribution >= 4 is 5.96 Å². The number of rotatable bonds is 3. The molecule has 86 valence electrons. The first-order valence-electron chi connectivity index (χ1n) is 5.07. The third kappa shape index (κ3) is 2.55. The Balaban J connectivity index is 2.07. The van der Waals surface area contributed by atoms with E-state index >= 15 is 0 Å². The molecule has 1 aromatic heterocycles. The van der Waals surface area contributed by atoms with Crippen molar-refractivity contribution in [2.24, 2.45) is 10.4 Å². The lowest BCUT2D eigenvalue weighted by molar-refractivity contribution is 0.455. The Labute approximate surface area is 97.7 Å². The molecule has 0 radical (unpaired) electrons. The average Bonchev–Trinajstić information content (AvgIpc) is 2.78. The zero-order valence-electron chi connectivity index (χ0n) is 9.00. The van der Waals surface area contributed by atoms with Crippen LogP contribution in [0.3, 0.4) is 0 Å². The fraction of sp³-hybridized carbons (Fsp3) is 0.300. The molecule has 1 aliphatic rings. The Morgan fingerprint density at radius 3 is 3.12 bits per heavy atom. The summed E-state index contributed by atoms with van der Waals surface area (Å²) in [6.07, 6.45) is 1.64. The Morgan fingerprint density at radius 1 is 1.59 bits per heavy atom. The molecule has 0 unspecified atom stereocenters. The molecule has 7 nitrogen and oxygen atoms in total. The van der Waals surface area contributed by atoms with Crippen molar-refractivity contribution in [1.29, 1.82) is 5.26 Å². The standard InChI is InChI=1S/C10H10N6O/c11-5-9-2-1-8(6-13-9)7-16-4-3-12-10(16)14-15-17/h1-2,6H,3-4,7H2,(H,12,14,17). The van der Waals surface area contributed by atoms with Crippen molar-refractivity contribution in [3.8, 4) is 6.07 Å². The van der Waals surface area contributed by atoms with Gasteiger partial charge in [0.05, 0.1) is 5.29 Å². The molecule has 1 aromatic rings. The van der Waals surface area contributed by atoms with Crippen LogP contribution >= 0.6 is 0 Å². The summed E-state index contributed by atoms with van der Waals surface area (Å²) >= 11 is 0. The van der Waals surface area contributed by atoms with Gasteiger partial charge in [0.15, 0.2) is 0 Å². The van der Waals surface area contributed by atoms with Gasteiger partial charge < -0.3 is 10.2 Å². The number of aromatic nitrogens is 1. The average molecular weight is 230 g/mol. The van der Waals surface area contributed by atoms with Crippen molar-refractivity contribution in [2.75, 3.05) is 13.1 Å². The number of pyridine rings is 1. The maximum atomic E-state index is 10.1. The number of nitriles is 1. The number of hydrogen-bond donors (Lipinski definition) is 1. The second kappa shape index (κ2) is 5.03. The molecule has 2 rings (SSSR count). The summed E-state index contributed by atoms with van der Waals surface area (Å²) in [5.74, 6) is 0.476. The topological polar surface area (TPSA) is 93.7 Å². The van der Waals surface area contributed by atoms with Gasteiger partial charge in [0.25, 0.3) is 0 Å². The molecule has 17 heavy (non-hydrogen) atoms. The van der Waals surface area contributed by atoms with Crippen LogP contribution in [0.5, 0.6) is 0 Å². The van der Waals surface area contributed by atoms with E-state index in [2.05, 4.69) is 20.7 Å². The van der Waals surface area contributed by atoms with Crippen molar-refractivity contribution in [3.05, 3.63) is 34.5 Å². The minimum atomic E-state index is 0.386. The van der Waals surface area contributed by atoms with E-state index in [1.54, 1.807) is 12.3 Å². The van der Waals surface area contributed by atoms with Crippen LogP contribution in [0.15, 0.2) is 28.7 Å². The van der Waals surface area contributed by atoms with Crippen LogP contribution < -0.4 is 5.32 Å². The number of nitroso groups, excluding NO2 is 1. The molecule has 0 saturated carbocycles. The molecule has 0 aliphatic carbocycles. The summed E-state index contributed by atoms with van der Waals surface area (Å²) in [5, 5.41) is 17.6. The van der Waals surface area contributed by atoms with Gasteiger partial charge in [0.2, 0.25) is 5.96 Å². The predicted molar refractivity (Wildman–Crippen MR) is 60.6 cm³/mol. The van der Waals surface area contributed by atoms with Crippen molar-refractivity contribution in [1.82, 2.24) is 15.2 Å². The van der Waals surface area contributed by atoms with E-state index in [-0.39, 0.29) is 0 Å². The number of nitrogens with zero attached hydrogens (tertiary/aromatic N) is 5. The minimum absolute atomic E-state index is 0.386. The largest absolute Gasteiger partial charge is 0.353 e. The number of hydrogen-bond acceptors (Lipinski definition) is 4. The van der Waals surface area contributed by atoms with Gasteiger partial charge in [0.1, 0.15) is 11.8 Å². The van der Waals surface area contributed by atoms with Gasteiger partial charge in [-0.15, -0.1) is 4.91 Å². The molecule has 2 heterocycles. The first-order valence-corrected chi connectivity index (χ1v) is 5.07. The molecule has 0 bridgehead atoms. The maximum absolute atomic E-state index is 10.1. The molecular weight excluding hydrogens is 220 g/mol. The predicted octanol–water partition coefficient (Wildman–Crippen LogP) is 0.396. The zero-order chi connectivity index (χ0) is 12.1. The van der Waals surface area contributed by atoms with Crippen LogP contribution in [-0.4, -0.2) is 28.9 Å². The lowest BCUT2D eigenvalue weighted by Gasteiger charge is -2.15. The normalized spacial score (nSPS) is 16.6. The lowest BCUT2D eigenvalue weighted by atomic mass is 10.2. The van der Waals surface area contributed by atoms with Crippen LogP contribution in [0.1, 0.15) is 11.3 Å². The van der Waals surface area contributed by atoms with E-state index in [9.17, 15) is 4.91 Å². The number of guanidine groups is 1. The second-order valence-electron chi connectivity index (χ2n) is 3.52. The molecule has 0 amide bonds. The Kier molecular flexibility index (Phi) is 3.25. The Morgan fingerprint density at radius 2 is 2.47 bits per heavy atom. The summed E-state index contributed by atoms with van der Waals surface area (Å²) in [5.41, 5.74) is 1.34. The van der Waals surface area contributed by atoms with Crippen LogP contribution in [0.25, 0.3) is 0 Å². The van der Waals surface area contributed by atoms with Crippen LogP contribution in [0, 0.1) is 16.2 Å². The summed E-state index contributed by atoms with van der Waals surface area (Å²) in [6, 6.07) is 5.45. The second-order valence-corrected chi connectivity index (χ2v) is 3.52. The van der Waals surface area contributed by atoms with Gasteiger partial charge >= 0.3 is 0 Å². The van der Waals surface area contributed by atoms with E-state index in [1.807, 2.05) is 17.0 Å². The maximum Gasteiger partial charge on any atom is 0.222 e. The summed E-state index contributed by atoms with van der Waals surface area (Å²) < 4.78 is 0. The number of nitrogens with one attached hydrogen (secondary N) is 1. The summed E-state index contributed by atoms with van der Waals surface area (Å²) in [4.78, 5) is 16.0. The molecular formula is C10H10N6O. The quantitative estimate of drug-likeness (QED) is 0.599. The van der Waals surface area contributed by atoms with E-state index in [0.29, 0.717) is 18.2 Å². The fourth-order valence-electron chi connectivity index (χ4n) is 1.62. The third-order valence-electron chi connectivity index (χ3n) is 2.41. The first kappa shape index (κ1) is 11.0.